The minimum Gasteiger partial charge on any atom is -0.317 e. The van der Waals surface area contributed by atoms with Crippen LogP contribution in [0.3, 0.4) is 0 Å². The van der Waals surface area contributed by atoms with E-state index in [1.54, 1.807) is 4.91 Å². The molecule has 3 unspecified atom stereocenters. The van der Waals surface area contributed by atoms with Crippen LogP contribution in [0.25, 0.3) is 48.7 Å². The van der Waals surface area contributed by atoms with Gasteiger partial charge in [-0.1, -0.05) is 170 Å². The van der Waals surface area contributed by atoms with Gasteiger partial charge in [0.25, 0.3) is 0 Å². The summed E-state index contributed by atoms with van der Waals surface area (Å²) in [6, 6.07) is 52.7. The lowest BCUT2D eigenvalue weighted by Crippen LogP contribution is -2.34. The quantitative estimate of drug-likeness (QED) is 0.150. The van der Waals surface area contributed by atoms with E-state index in [2.05, 4.69) is 231 Å². The Bertz CT molecular complexity index is 3960. The standard InChI is InChI=1S/C67H54N2S2/c1-42-16-4-8-27-57(42)68(48-20-12-18-46(40-48)50-23-14-24-53-52-22-6-10-29-61(52)70-65(50)53)59-37-33-44-32-36-55-60(38-34-45-31-35-54(59)63(44)64(45)55)69(58-28-9-5-17-43(58)2)49-21-13-19-47(41-49)51-25-15-39-67(3)56-26-7-11-30-62(56)71-66(51)67/h4-10,12-29,31-34,36-38,41,46,54H,11,30,35,39-40H2,1-3H3. The molecule has 0 fully saturated rings. The number of thiophene rings is 1. The van der Waals surface area contributed by atoms with E-state index in [1.165, 1.54) is 119 Å². The number of hydrogen-bond acceptors (Lipinski definition) is 4. The normalized spacial score (nSPS) is 20.7. The minimum absolute atomic E-state index is 0.0258. The smallest absolute Gasteiger partial charge is 0.0540 e. The van der Waals surface area contributed by atoms with Gasteiger partial charge in [0.15, 0.2) is 0 Å². The number of allylic oxidation sites excluding steroid dienone is 14. The predicted octanol–water partition coefficient (Wildman–Crippen LogP) is 17.4. The second kappa shape index (κ2) is 16.8. The number of benzene rings is 7. The summed E-state index contributed by atoms with van der Waals surface area (Å²) in [6.45, 7) is 6.99. The number of anilines is 4. The summed E-state index contributed by atoms with van der Waals surface area (Å²) >= 11 is 3.98. The molecule has 7 aromatic carbocycles. The highest BCUT2D eigenvalue weighted by Crippen LogP contribution is 2.62. The van der Waals surface area contributed by atoms with Crippen LogP contribution < -0.4 is 20.2 Å². The zero-order chi connectivity index (χ0) is 47.4. The van der Waals surface area contributed by atoms with Gasteiger partial charge in [-0.2, -0.15) is 0 Å². The van der Waals surface area contributed by atoms with Gasteiger partial charge in [-0.15, -0.1) is 11.3 Å². The molecule has 1 aromatic heterocycles. The van der Waals surface area contributed by atoms with Crippen molar-refractivity contribution in [2.75, 3.05) is 9.80 Å². The van der Waals surface area contributed by atoms with Crippen LogP contribution in [0.15, 0.2) is 215 Å². The number of nitrogens with zero attached hydrogens (tertiary/aromatic N) is 2. The number of hydrogen-bond donors (Lipinski definition) is 0. The van der Waals surface area contributed by atoms with Crippen molar-refractivity contribution in [3.8, 4) is 0 Å². The Hall–Kier alpha value is -7.11. The van der Waals surface area contributed by atoms with Crippen molar-refractivity contribution < 1.29 is 0 Å². The lowest BCUT2D eigenvalue weighted by Gasteiger charge is -2.39. The Labute approximate surface area is 425 Å². The van der Waals surface area contributed by atoms with Gasteiger partial charge < -0.3 is 9.80 Å². The first-order valence-electron chi connectivity index (χ1n) is 25.5. The van der Waals surface area contributed by atoms with Crippen molar-refractivity contribution in [2.45, 2.75) is 64.7 Å². The average molecular weight is 951 g/mol. The fourth-order valence-electron chi connectivity index (χ4n) is 12.8. The number of thioether (sulfide) groups is 1. The second-order valence-corrected chi connectivity index (χ2v) is 22.6. The van der Waals surface area contributed by atoms with Gasteiger partial charge in [-0.25, -0.2) is 0 Å². The third-order valence-electron chi connectivity index (χ3n) is 16.3. The maximum Gasteiger partial charge on any atom is 0.0540 e. The lowest BCUT2D eigenvalue weighted by molar-refractivity contribution is 0.524. The van der Waals surface area contributed by atoms with Crippen molar-refractivity contribution in [3.05, 3.63) is 253 Å². The van der Waals surface area contributed by atoms with E-state index in [0.29, 0.717) is 0 Å². The van der Waals surface area contributed by atoms with Crippen molar-refractivity contribution >= 4 is 94.5 Å². The van der Waals surface area contributed by atoms with Gasteiger partial charge >= 0.3 is 0 Å². The molecule has 0 bridgehead atoms. The summed E-state index contributed by atoms with van der Waals surface area (Å²) in [5.41, 5.74) is 17.1. The van der Waals surface area contributed by atoms with E-state index in [0.717, 1.165) is 32.1 Å². The number of fused-ring (bicyclic) bond motifs is 5. The molecule has 1 aliphatic heterocycles. The monoisotopic (exact) mass is 950 g/mol. The Kier molecular flexibility index (Phi) is 10.1. The molecule has 6 aliphatic rings. The summed E-state index contributed by atoms with van der Waals surface area (Å²) in [6.07, 6.45) is 29.3. The number of rotatable bonds is 8. The highest BCUT2D eigenvalue weighted by atomic mass is 32.2. The van der Waals surface area contributed by atoms with Crippen LogP contribution in [0.5, 0.6) is 0 Å². The summed E-state index contributed by atoms with van der Waals surface area (Å²) in [4.78, 5) is 8.24. The molecular weight excluding hydrogens is 897 g/mol. The summed E-state index contributed by atoms with van der Waals surface area (Å²) in [5, 5.41) is 8.01. The van der Waals surface area contributed by atoms with E-state index >= 15 is 0 Å². The van der Waals surface area contributed by atoms with E-state index in [4.69, 9.17) is 0 Å². The summed E-state index contributed by atoms with van der Waals surface area (Å²) in [7, 11) is 0. The van der Waals surface area contributed by atoms with Crippen LogP contribution in [-0.2, 0) is 0 Å². The molecule has 0 radical (unpaired) electrons. The first-order chi connectivity index (χ1) is 34.9. The topological polar surface area (TPSA) is 6.48 Å². The van der Waals surface area contributed by atoms with Gasteiger partial charge in [0.1, 0.15) is 0 Å². The molecule has 0 saturated heterocycles. The van der Waals surface area contributed by atoms with Crippen molar-refractivity contribution in [3.63, 3.8) is 0 Å². The highest BCUT2D eigenvalue weighted by Gasteiger charge is 2.43. The molecular formula is C67H54N2S2. The van der Waals surface area contributed by atoms with Crippen LogP contribution in [0.4, 0.5) is 22.7 Å². The average Bonchev–Trinajstić information content (AvgIpc) is 3.95. The van der Waals surface area contributed by atoms with Crippen molar-refractivity contribution in [1.29, 1.82) is 0 Å². The molecule has 0 amide bonds. The molecule has 0 spiro atoms. The molecule has 8 aromatic rings. The zero-order valence-corrected chi connectivity index (χ0v) is 42.1. The minimum atomic E-state index is 0.0258. The molecule has 0 N–H and O–H groups in total. The Morgan fingerprint density at radius 2 is 1.45 bits per heavy atom. The van der Waals surface area contributed by atoms with E-state index < -0.39 is 0 Å². The largest absolute Gasteiger partial charge is 0.317 e. The summed E-state index contributed by atoms with van der Waals surface area (Å²) < 4.78 is 2.76. The van der Waals surface area contributed by atoms with Gasteiger partial charge in [0.2, 0.25) is 0 Å². The van der Waals surface area contributed by atoms with E-state index in [9.17, 15) is 0 Å². The molecule has 71 heavy (non-hydrogen) atoms. The maximum atomic E-state index is 2.64. The molecule has 5 aliphatic carbocycles. The molecule has 3 atom stereocenters. The fourth-order valence-corrected chi connectivity index (χ4v) is 15.7. The Morgan fingerprint density at radius 1 is 0.662 bits per heavy atom. The molecule has 0 saturated carbocycles. The van der Waals surface area contributed by atoms with Crippen LogP contribution in [0.2, 0.25) is 0 Å². The van der Waals surface area contributed by atoms with Crippen LogP contribution in [0, 0.1) is 19.3 Å². The second-order valence-electron chi connectivity index (χ2n) is 20.4. The van der Waals surface area contributed by atoms with Gasteiger partial charge in [-0.3, -0.25) is 0 Å². The zero-order valence-electron chi connectivity index (χ0n) is 40.5. The predicted molar refractivity (Wildman–Crippen MR) is 306 cm³/mol. The first-order valence-corrected chi connectivity index (χ1v) is 27.1. The summed E-state index contributed by atoms with van der Waals surface area (Å²) in [5.74, 6) is 0.427. The van der Waals surface area contributed by atoms with Crippen LogP contribution >= 0.6 is 23.1 Å². The van der Waals surface area contributed by atoms with Crippen molar-refractivity contribution in [1.82, 2.24) is 0 Å². The van der Waals surface area contributed by atoms with Gasteiger partial charge in [0.05, 0.1) is 5.69 Å². The molecule has 344 valence electrons. The molecule has 2 heterocycles. The third kappa shape index (κ3) is 6.75. The van der Waals surface area contributed by atoms with Gasteiger partial charge in [0, 0.05) is 76.2 Å². The SMILES string of the molecule is Cc1ccccc1N(C1=CC=CC(c2cccc3c2sc2ccccc23)C1)C1=CC=c2ccc3c(N(c4cccc(C5=C6SC7=C(C=CCC7)C6(C)CC=C5)c4)c4ccccc4C)ccc4c3c2C1CC=4. The lowest BCUT2D eigenvalue weighted by atomic mass is 9.73. The highest BCUT2D eigenvalue weighted by molar-refractivity contribution is 8.07. The number of aryl methyl sites for hydroxylation is 2. The number of para-hydroxylation sites is 2. The third-order valence-corrected chi connectivity index (χ3v) is 19.1. The molecule has 4 heteroatoms. The molecule has 14 rings (SSSR count). The van der Waals surface area contributed by atoms with Crippen LogP contribution in [-0.4, -0.2) is 0 Å². The Balaban J connectivity index is 0.886. The van der Waals surface area contributed by atoms with Crippen molar-refractivity contribution in [2.24, 2.45) is 5.41 Å². The maximum absolute atomic E-state index is 2.64. The fraction of sp³-hybridized carbons (Fsp3) is 0.164. The molecule has 2 nitrogen and oxygen atoms in total. The van der Waals surface area contributed by atoms with Gasteiger partial charge in [-0.05, 0) is 154 Å². The van der Waals surface area contributed by atoms with Crippen LogP contribution in [0.1, 0.15) is 78.7 Å². The van der Waals surface area contributed by atoms with E-state index in [-0.39, 0.29) is 17.3 Å². The first kappa shape index (κ1) is 42.7. The Morgan fingerprint density at radius 3 is 2.32 bits per heavy atom. The van der Waals surface area contributed by atoms with E-state index in [1.807, 2.05) is 23.1 Å².